The zero-order valence-electron chi connectivity index (χ0n) is 13.5. The highest BCUT2D eigenvalue weighted by Gasteiger charge is 2.07. The summed E-state index contributed by atoms with van der Waals surface area (Å²) in [7, 11) is 0. The van der Waals surface area contributed by atoms with Crippen LogP contribution >= 0.6 is 11.6 Å². The van der Waals surface area contributed by atoms with Gasteiger partial charge < -0.3 is 16.4 Å². The van der Waals surface area contributed by atoms with Crippen LogP contribution in [0, 0.1) is 0 Å². The molecule has 128 valence electrons. The predicted octanol–water partition coefficient (Wildman–Crippen LogP) is 3.35. The summed E-state index contributed by atoms with van der Waals surface area (Å²) in [5.74, 6) is 0.599. The number of carbonyl (C=O) groups excluding carboxylic acids is 1. The molecule has 0 bridgehead atoms. The number of hydrogen-bond donors (Lipinski definition) is 3. The molecular formula is C18H18ClN5O. The number of nitrogen functional groups attached to an aromatic ring is 1. The van der Waals surface area contributed by atoms with Gasteiger partial charge in [0.15, 0.2) is 5.82 Å². The van der Waals surface area contributed by atoms with Crippen LogP contribution in [0.4, 0.5) is 17.5 Å². The molecule has 0 saturated heterocycles. The van der Waals surface area contributed by atoms with Gasteiger partial charge in [0.25, 0.3) is 0 Å². The Labute approximate surface area is 150 Å². The number of aryl methyl sites for hydroxylation is 1. The minimum Gasteiger partial charge on any atom is -0.368 e. The van der Waals surface area contributed by atoms with Crippen LogP contribution in [0.2, 0.25) is 5.02 Å². The van der Waals surface area contributed by atoms with Crippen molar-refractivity contribution < 1.29 is 4.79 Å². The lowest BCUT2D eigenvalue weighted by atomic mass is 10.1. The molecule has 1 amide bonds. The van der Waals surface area contributed by atoms with Crippen molar-refractivity contribution in [2.75, 3.05) is 11.1 Å². The molecule has 0 unspecified atom stereocenters. The van der Waals surface area contributed by atoms with Gasteiger partial charge in [-0.2, -0.15) is 4.98 Å². The minimum atomic E-state index is 0.00257. The number of nitrogens with one attached hydrogen (secondary N) is 2. The molecule has 1 aliphatic carbocycles. The molecule has 1 aliphatic rings. The molecule has 6 nitrogen and oxygen atoms in total. The maximum Gasteiger partial charge on any atom is 0.224 e. The number of rotatable bonds is 6. The molecule has 7 heteroatoms. The van der Waals surface area contributed by atoms with Crippen molar-refractivity contribution in [1.29, 1.82) is 0 Å². The SMILES string of the molecule is Nc1ncc(Cl)c(Nc2cccc(CCC(=O)NC3=CCC=C3)c2)n1. The predicted molar refractivity (Wildman–Crippen MR) is 99.5 cm³/mol. The molecule has 0 radical (unpaired) electrons. The molecule has 3 rings (SSSR count). The molecule has 4 N–H and O–H groups in total. The summed E-state index contributed by atoms with van der Waals surface area (Å²) in [6.45, 7) is 0. The van der Waals surface area contributed by atoms with Gasteiger partial charge in [-0.3, -0.25) is 4.79 Å². The Morgan fingerprint density at radius 3 is 3.04 bits per heavy atom. The van der Waals surface area contributed by atoms with Gasteiger partial charge >= 0.3 is 0 Å². The standard InChI is InChI=1S/C18H18ClN5O/c19-15-11-21-18(20)24-17(15)23-14-7-3-4-12(10-14)8-9-16(25)22-13-5-1-2-6-13/h1,3-7,10-11H,2,8-9H2,(H,22,25)(H3,20,21,23,24). The number of anilines is 3. The van der Waals surface area contributed by atoms with Gasteiger partial charge in [-0.25, -0.2) is 4.98 Å². The van der Waals surface area contributed by atoms with E-state index < -0.39 is 0 Å². The van der Waals surface area contributed by atoms with Crippen molar-refractivity contribution in [3.8, 4) is 0 Å². The van der Waals surface area contributed by atoms with Crippen LogP contribution in [0.25, 0.3) is 0 Å². The second-order valence-corrected chi connectivity index (χ2v) is 6.00. The van der Waals surface area contributed by atoms with Crippen LogP contribution in [-0.4, -0.2) is 15.9 Å². The Balaban J connectivity index is 1.60. The van der Waals surface area contributed by atoms with Gasteiger partial charge in [0.1, 0.15) is 5.02 Å². The maximum absolute atomic E-state index is 12.0. The largest absolute Gasteiger partial charge is 0.368 e. The number of aromatic nitrogens is 2. The van der Waals surface area contributed by atoms with Crippen molar-refractivity contribution in [3.05, 3.63) is 65.0 Å². The molecule has 0 fully saturated rings. The fourth-order valence-electron chi connectivity index (χ4n) is 2.44. The van der Waals surface area contributed by atoms with Crippen molar-refractivity contribution in [2.45, 2.75) is 19.3 Å². The molecular weight excluding hydrogens is 338 g/mol. The quantitative estimate of drug-likeness (QED) is 0.738. The second kappa shape index (κ2) is 7.81. The number of amides is 1. The first kappa shape index (κ1) is 17.0. The van der Waals surface area contributed by atoms with Gasteiger partial charge in [-0.05, 0) is 36.6 Å². The molecule has 1 aromatic heterocycles. The van der Waals surface area contributed by atoms with Gasteiger partial charge in [0.05, 0.1) is 6.20 Å². The summed E-state index contributed by atoms with van der Waals surface area (Å²) >= 11 is 6.06. The number of allylic oxidation sites excluding steroid dienone is 3. The molecule has 1 heterocycles. The summed E-state index contributed by atoms with van der Waals surface area (Å²) in [5.41, 5.74) is 8.31. The van der Waals surface area contributed by atoms with Crippen LogP contribution < -0.4 is 16.4 Å². The first-order chi connectivity index (χ1) is 12.1. The van der Waals surface area contributed by atoms with Crippen LogP contribution in [0.5, 0.6) is 0 Å². The summed E-state index contributed by atoms with van der Waals surface area (Å²) in [5, 5.41) is 6.39. The summed E-state index contributed by atoms with van der Waals surface area (Å²) in [6, 6.07) is 7.74. The Kier molecular flexibility index (Phi) is 5.30. The highest BCUT2D eigenvalue weighted by molar-refractivity contribution is 6.32. The molecule has 2 aromatic rings. The smallest absolute Gasteiger partial charge is 0.224 e. The average Bonchev–Trinajstić information content (AvgIpc) is 3.10. The van der Waals surface area contributed by atoms with Crippen LogP contribution in [0.15, 0.2) is 54.4 Å². The topological polar surface area (TPSA) is 92.9 Å². The van der Waals surface area contributed by atoms with Crippen molar-refractivity contribution in [2.24, 2.45) is 0 Å². The van der Waals surface area contributed by atoms with E-state index in [4.69, 9.17) is 17.3 Å². The maximum atomic E-state index is 12.0. The summed E-state index contributed by atoms with van der Waals surface area (Å²) in [6.07, 6.45) is 9.29. The summed E-state index contributed by atoms with van der Waals surface area (Å²) < 4.78 is 0. The van der Waals surface area contributed by atoms with E-state index >= 15 is 0 Å². The number of carbonyl (C=O) groups is 1. The molecule has 0 atom stereocenters. The van der Waals surface area contributed by atoms with Crippen molar-refractivity contribution in [3.63, 3.8) is 0 Å². The molecule has 0 saturated carbocycles. The normalized spacial score (nSPS) is 12.8. The molecule has 1 aromatic carbocycles. The fraction of sp³-hybridized carbons (Fsp3) is 0.167. The van der Waals surface area contributed by atoms with E-state index in [1.54, 1.807) is 0 Å². The number of halogens is 1. The average molecular weight is 356 g/mol. The second-order valence-electron chi connectivity index (χ2n) is 5.60. The Morgan fingerprint density at radius 1 is 1.36 bits per heavy atom. The third-order valence-electron chi connectivity index (χ3n) is 3.65. The zero-order chi connectivity index (χ0) is 17.6. The number of nitrogens with two attached hydrogens (primary N) is 1. The van der Waals surface area contributed by atoms with Gasteiger partial charge in [-0.15, -0.1) is 0 Å². The minimum absolute atomic E-state index is 0.00257. The zero-order valence-corrected chi connectivity index (χ0v) is 14.3. The van der Waals surface area contributed by atoms with E-state index in [1.807, 2.05) is 42.5 Å². The summed E-state index contributed by atoms with van der Waals surface area (Å²) in [4.78, 5) is 19.9. The van der Waals surface area contributed by atoms with E-state index in [0.717, 1.165) is 23.4 Å². The van der Waals surface area contributed by atoms with Crippen LogP contribution in [0.3, 0.4) is 0 Å². The lowest BCUT2D eigenvalue weighted by Gasteiger charge is -2.09. The Hall–Kier alpha value is -2.86. The highest BCUT2D eigenvalue weighted by atomic mass is 35.5. The first-order valence-corrected chi connectivity index (χ1v) is 8.28. The fourth-order valence-corrected chi connectivity index (χ4v) is 2.58. The molecule has 0 spiro atoms. The van der Waals surface area contributed by atoms with E-state index in [2.05, 4.69) is 20.6 Å². The number of nitrogens with zero attached hydrogens (tertiary/aromatic N) is 2. The van der Waals surface area contributed by atoms with E-state index in [-0.39, 0.29) is 11.9 Å². The van der Waals surface area contributed by atoms with Crippen molar-refractivity contribution in [1.82, 2.24) is 15.3 Å². The van der Waals surface area contributed by atoms with Crippen LogP contribution in [-0.2, 0) is 11.2 Å². The van der Waals surface area contributed by atoms with Gasteiger partial charge in [0.2, 0.25) is 11.9 Å². The van der Waals surface area contributed by atoms with Gasteiger partial charge in [-0.1, -0.05) is 35.9 Å². The number of benzene rings is 1. The van der Waals surface area contributed by atoms with E-state index in [0.29, 0.717) is 23.7 Å². The first-order valence-electron chi connectivity index (χ1n) is 7.91. The van der Waals surface area contributed by atoms with Crippen LogP contribution in [0.1, 0.15) is 18.4 Å². The Morgan fingerprint density at radius 2 is 2.24 bits per heavy atom. The third-order valence-corrected chi connectivity index (χ3v) is 3.92. The highest BCUT2D eigenvalue weighted by Crippen LogP contribution is 2.23. The monoisotopic (exact) mass is 355 g/mol. The Bertz CT molecular complexity index is 847. The molecule has 25 heavy (non-hydrogen) atoms. The van der Waals surface area contributed by atoms with Gasteiger partial charge in [0, 0.05) is 17.8 Å². The van der Waals surface area contributed by atoms with Crippen molar-refractivity contribution >= 4 is 35.0 Å². The lowest BCUT2D eigenvalue weighted by Crippen LogP contribution is -2.21. The third kappa shape index (κ3) is 4.81. The molecule has 0 aliphatic heterocycles. The van der Waals surface area contributed by atoms with E-state index in [1.165, 1.54) is 6.20 Å². The van der Waals surface area contributed by atoms with E-state index in [9.17, 15) is 4.79 Å². The lowest BCUT2D eigenvalue weighted by molar-refractivity contribution is -0.120. The number of hydrogen-bond acceptors (Lipinski definition) is 5.